The lowest BCUT2D eigenvalue weighted by atomic mass is 10.2. The summed E-state index contributed by atoms with van der Waals surface area (Å²) >= 11 is 0. The average Bonchev–Trinajstić information content (AvgIpc) is 2.38. The maximum absolute atomic E-state index is 11.2. The first-order valence-corrected chi connectivity index (χ1v) is 6.47. The number of carbonyl (C=O) groups is 1. The monoisotopic (exact) mass is 242 g/mol. The van der Waals surface area contributed by atoms with Gasteiger partial charge in [0.1, 0.15) is 0 Å². The zero-order valence-corrected chi connectivity index (χ0v) is 10.6. The average molecular weight is 242 g/mol. The molecule has 0 N–H and O–H groups in total. The molecule has 5 heteroatoms. The molecule has 0 aromatic rings. The third-order valence-corrected chi connectivity index (χ3v) is 3.39. The summed E-state index contributed by atoms with van der Waals surface area (Å²) in [5.74, 6) is 0.184. The van der Waals surface area contributed by atoms with Crippen molar-refractivity contribution in [2.75, 3.05) is 45.9 Å². The molecule has 17 heavy (non-hydrogen) atoms. The summed E-state index contributed by atoms with van der Waals surface area (Å²) < 4.78 is 11.0. The summed E-state index contributed by atoms with van der Waals surface area (Å²) in [6.07, 6.45) is 1.92. The second-order valence-electron chi connectivity index (χ2n) is 4.66. The molecule has 2 fully saturated rings. The molecule has 0 unspecified atom stereocenters. The largest absolute Gasteiger partial charge is 0.353 e. The topological polar surface area (TPSA) is 42.0 Å². The molecule has 2 aliphatic rings. The van der Waals surface area contributed by atoms with E-state index in [0.717, 1.165) is 58.8 Å². The summed E-state index contributed by atoms with van der Waals surface area (Å²) in [5, 5.41) is 0. The Labute approximate surface area is 103 Å². The van der Waals surface area contributed by atoms with Crippen molar-refractivity contribution in [2.24, 2.45) is 0 Å². The van der Waals surface area contributed by atoms with Crippen LogP contribution in [-0.2, 0) is 14.3 Å². The van der Waals surface area contributed by atoms with Gasteiger partial charge in [-0.05, 0) is 6.42 Å². The lowest BCUT2D eigenvalue weighted by Crippen LogP contribution is -2.48. The highest BCUT2D eigenvalue weighted by molar-refractivity contribution is 5.73. The van der Waals surface area contributed by atoms with Crippen LogP contribution < -0.4 is 0 Å². The first kappa shape index (κ1) is 12.8. The second kappa shape index (κ2) is 6.33. The van der Waals surface area contributed by atoms with Crippen LogP contribution in [0.25, 0.3) is 0 Å². The van der Waals surface area contributed by atoms with Crippen molar-refractivity contribution in [3.8, 4) is 0 Å². The molecule has 98 valence electrons. The molecule has 2 saturated heterocycles. The summed E-state index contributed by atoms with van der Waals surface area (Å²) in [5.41, 5.74) is 0. The van der Waals surface area contributed by atoms with E-state index >= 15 is 0 Å². The number of hydrogen-bond acceptors (Lipinski definition) is 4. The third-order valence-electron chi connectivity index (χ3n) is 3.39. The molecule has 2 rings (SSSR count). The molecule has 0 radical (unpaired) electrons. The van der Waals surface area contributed by atoms with Crippen LogP contribution in [0.4, 0.5) is 0 Å². The number of nitrogens with zero attached hydrogens (tertiary/aromatic N) is 2. The fourth-order valence-corrected chi connectivity index (χ4v) is 2.28. The van der Waals surface area contributed by atoms with Gasteiger partial charge in [0.05, 0.1) is 13.2 Å². The molecule has 1 amide bonds. The zero-order valence-electron chi connectivity index (χ0n) is 10.6. The molecular formula is C12H22N2O3. The van der Waals surface area contributed by atoms with Gasteiger partial charge in [0.15, 0.2) is 6.29 Å². The maximum atomic E-state index is 11.2. The summed E-state index contributed by atoms with van der Waals surface area (Å²) in [7, 11) is 0. The standard InChI is InChI=1S/C12H22N2O3/c1-11(15)14-7-5-13(6-8-14)4-3-12-16-9-2-10-17-12/h12H,2-10H2,1H3. The van der Waals surface area contributed by atoms with Crippen molar-refractivity contribution < 1.29 is 14.3 Å². The minimum absolute atomic E-state index is 0.0189. The summed E-state index contributed by atoms with van der Waals surface area (Å²) in [6, 6.07) is 0. The first-order chi connectivity index (χ1) is 8.25. The Morgan fingerprint density at radius 2 is 1.82 bits per heavy atom. The number of rotatable bonds is 3. The van der Waals surface area contributed by atoms with E-state index in [1.54, 1.807) is 6.92 Å². The smallest absolute Gasteiger partial charge is 0.219 e. The highest BCUT2D eigenvalue weighted by Gasteiger charge is 2.20. The molecule has 2 aliphatic heterocycles. The van der Waals surface area contributed by atoms with Gasteiger partial charge in [0.25, 0.3) is 0 Å². The van der Waals surface area contributed by atoms with Gasteiger partial charge in [0, 0.05) is 46.1 Å². The Hall–Kier alpha value is -0.650. The Bertz CT molecular complexity index is 246. The van der Waals surface area contributed by atoms with Crippen LogP contribution >= 0.6 is 0 Å². The van der Waals surface area contributed by atoms with Gasteiger partial charge in [-0.25, -0.2) is 0 Å². The molecule has 0 spiro atoms. The van der Waals surface area contributed by atoms with E-state index in [2.05, 4.69) is 4.90 Å². The van der Waals surface area contributed by atoms with Gasteiger partial charge < -0.3 is 14.4 Å². The highest BCUT2D eigenvalue weighted by atomic mass is 16.7. The van der Waals surface area contributed by atoms with Crippen LogP contribution in [0.15, 0.2) is 0 Å². The van der Waals surface area contributed by atoms with Crippen LogP contribution in [0.5, 0.6) is 0 Å². The molecule has 0 aromatic carbocycles. The van der Waals surface area contributed by atoms with Crippen LogP contribution in [0.3, 0.4) is 0 Å². The van der Waals surface area contributed by atoms with Crippen molar-refractivity contribution in [2.45, 2.75) is 26.1 Å². The van der Waals surface area contributed by atoms with Crippen LogP contribution in [0, 0.1) is 0 Å². The summed E-state index contributed by atoms with van der Waals surface area (Å²) in [6.45, 7) is 7.91. The highest BCUT2D eigenvalue weighted by Crippen LogP contribution is 2.10. The van der Waals surface area contributed by atoms with E-state index in [0.29, 0.717) is 0 Å². The summed E-state index contributed by atoms with van der Waals surface area (Å²) in [4.78, 5) is 15.5. The molecule has 0 saturated carbocycles. The zero-order chi connectivity index (χ0) is 12.1. The second-order valence-corrected chi connectivity index (χ2v) is 4.66. The van der Waals surface area contributed by atoms with E-state index in [1.807, 2.05) is 4.90 Å². The van der Waals surface area contributed by atoms with Gasteiger partial charge in [-0.2, -0.15) is 0 Å². The number of hydrogen-bond donors (Lipinski definition) is 0. The van der Waals surface area contributed by atoms with Crippen LogP contribution in [0.2, 0.25) is 0 Å². The van der Waals surface area contributed by atoms with E-state index in [4.69, 9.17) is 9.47 Å². The quantitative estimate of drug-likeness (QED) is 0.714. The Balaban J connectivity index is 1.62. The van der Waals surface area contributed by atoms with Gasteiger partial charge >= 0.3 is 0 Å². The van der Waals surface area contributed by atoms with Crippen molar-refractivity contribution in [3.63, 3.8) is 0 Å². The van der Waals surface area contributed by atoms with Crippen molar-refractivity contribution in [1.82, 2.24) is 9.80 Å². The van der Waals surface area contributed by atoms with E-state index in [1.165, 1.54) is 0 Å². The predicted molar refractivity (Wildman–Crippen MR) is 63.6 cm³/mol. The van der Waals surface area contributed by atoms with Crippen LogP contribution in [0.1, 0.15) is 19.8 Å². The minimum atomic E-state index is -0.0189. The van der Waals surface area contributed by atoms with Crippen molar-refractivity contribution >= 4 is 5.91 Å². The molecular weight excluding hydrogens is 220 g/mol. The fraction of sp³-hybridized carbons (Fsp3) is 0.917. The SMILES string of the molecule is CC(=O)N1CCN(CCC2OCCCO2)CC1. The molecule has 0 aromatic heterocycles. The first-order valence-electron chi connectivity index (χ1n) is 6.47. The number of piperazine rings is 1. The van der Waals surface area contributed by atoms with Gasteiger partial charge in [0.2, 0.25) is 5.91 Å². The molecule has 5 nitrogen and oxygen atoms in total. The van der Waals surface area contributed by atoms with E-state index in [9.17, 15) is 4.79 Å². The molecule has 0 bridgehead atoms. The number of ether oxygens (including phenoxy) is 2. The lowest BCUT2D eigenvalue weighted by Gasteiger charge is -2.35. The number of amides is 1. The van der Waals surface area contributed by atoms with Gasteiger partial charge in [-0.1, -0.05) is 0 Å². The minimum Gasteiger partial charge on any atom is -0.353 e. The van der Waals surface area contributed by atoms with E-state index in [-0.39, 0.29) is 12.2 Å². The predicted octanol–water partition coefficient (Wildman–Crippen LogP) is 0.304. The Kier molecular flexibility index (Phi) is 4.76. The van der Waals surface area contributed by atoms with E-state index < -0.39 is 0 Å². The normalized spacial score (nSPS) is 23.9. The van der Waals surface area contributed by atoms with Gasteiger partial charge in [-0.3, -0.25) is 9.69 Å². The molecule has 0 aliphatic carbocycles. The Morgan fingerprint density at radius 3 is 2.41 bits per heavy atom. The Morgan fingerprint density at radius 1 is 1.18 bits per heavy atom. The van der Waals surface area contributed by atoms with Crippen molar-refractivity contribution in [3.05, 3.63) is 0 Å². The third kappa shape index (κ3) is 3.94. The van der Waals surface area contributed by atoms with Crippen LogP contribution in [-0.4, -0.2) is 67.9 Å². The van der Waals surface area contributed by atoms with Gasteiger partial charge in [-0.15, -0.1) is 0 Å². The molecule has 2 heterocycles. The molecule has 0 atom stereocenters. The fourth-order valence-electron chi connectivity index (χ4n) is 2.28. The maximum Gasteiger partial charge on any atom is 0.219 e. The lowest BCUT2D eigenvalue weighted by molar-refractivity contribution is -0.183. The van der Waals surface area contributed by atoms with Crippen molar-refractivity contribution in [1.29, 1.82) is 0 Å². The number of carbonyl (C=O) groups excluding carboxylic acids is 1.